The van der Waals surface area contributed by atoms with Crippen LogP contribution in [0.25, 0.3) is 10.9 Å². The van der Waals surface area contributed by atoms with Crippen LogP contribution in [0.15, 0.2) is 35.3 Å². The molecule has 2 aromatic rings. The van der Waals surface area contributed by atoms with Gasteiger partial charge in [0.25, 0.3) is 0 Å². The van der Waals surface area contributed by atoms with E-state index in [-0.39, 0.29) is 5.56 Å². The Labute approximate surface area is 78.8 Å². The fourth-order valence-electron chi connectivity index (χ4n) is 1.32. The Bertz CT molecular complexity index is 557. The van der Waals surface area contributed by atoms with E-state index in [0.29, 0.717) is 10.9 Å². The number of benzene rings is 1. The van der Waals surface area contributed by atoms with Gasteiger partial charge in [-0.15, -0.1) is 0 Å². The highest BCUT2D eigenvalue weighted by Gasteiger charge is 2.04. The molecule has 1 aromatic carbocycles. The Kier molecular flexibility index (Phi) is 1.81. The van der Waals surface area contributed by atoms with Crippen molar-refractivity contribution in [2.75, 3.05) is 0 Å². The van der Waals surface area contributed by atoms with Crippen LogP contribution in [0.1, 0.15) is 10.4 Å². The van der Waals surface area contributed by atoms with Crippen molar-refractivity contribution in [1.82, 2.24) is 4.98 Å². The van der Waals surface area contributed by atoms with Gasteiger partial charge >= 0.3 is 0 Å². The first-order chi connectivity index (χ1) is 6.70. The number of aromatic carboxylic acids is 1. The Morgan fingerprint density at radius 2 is 2.00 bits per heavy atom. The Balaban J connectivity index is 2.89. The lowest BCUT2D eigenvalue weighted by Crippen LogP contribution is -2.29. The lowest BCUT2D eigenvalue weighted by molar-refractivity contribution is -0.255. The molecule has 0 fully saturated rings. The number of carbonyl (C=O) groups is 1. The van der Waals surface area contributed by atoms with Crippen molar-refractivity contribution in [2.24, 2.45) is 0 Å². The number of para-hydroxylation sites is 1. The molecule has 0 bridgehead atoms. The first-order valence-electron chi connectivity index (χ1n) is 4.02. The third kappa shape index (κ3) is 1.17. The van der Waals surface area contributed by atoms with Gasteiger partial charge in [-0.25, -0.2) is 0 Å². The molecule has 4 heteroatoms. The van der Waals surface area contributed by atoms with Gasteiger partial charge in [0.05, 0.1) is 11.5 Å². The number of pyridine rings is 1. The highest BCUT2D eigenvalue weighted by atomic mass is 16.4. The molecular weight excluding hydrogens is 182 g/mol. The SMILES string of the molecule is O=C([O-])c1c[nH]c2ccccc2c1=O. The van der Waals surface area contributed by atoms with Crippen LogP contribution in [0.3, 0.4) is 0 Å². The maximum absolute atomic E-state index is 11.5. The van der Waals surface area contributed by atoms with Gasteiger partial charge < -0.3 is 14.9 Å². The van der Waals surface area contributed by atoms with Crippen LogP contribution in [0.2, 0.25) is 0 Å². The van der Waals surface area contributed by atoms with Gasteiger partial charge in [0.2, 0.25) is 0 Å². The molecule has 4 nitrogen and oxygen atoms in total. The third-order valence-electron chi connectivity index (χ3n) is 2.01. The van der Waals surface area contributed by atoms with E-state index in [1.807, 2.05) is 0 Å². The van der Waals surface area contributed by atoms with E-state index in [0.717, 1.165) is 6.20 Å². The van der Waals surface area contributed by atoms with Crippen molar-refractivity contribution >= 4 is 16.9 Å². The van der Waals surface area contributed by atoms with E-state index < -0.39 is 11.4 Å². The quantitative estimate of drug-likeness (QED) is 0.678. The van der Waals surface area contributed by atoms with E-state index in [1.165, 1.54) is 0 Å². The van der Waals surface area contributed by atoms with Crippen LogP contribution in [0, 0.1) is 0 Å². The number of carboxylic acids is 1. The van der Waals surface area contributed by atoms with Crippen LogP contribution in [-0.2, 0) is 0 Å². The molecule has 0 aliphatic heterocycles. The molecule has 14 heavy (non-hydrogen) atoms. The van der Waals surface area contributed by atoms with Gasteiger partial charge in [-0.1, -0.05) is 12.1 Å². The monoisotopic (exact) mass is 188 g/mol. The minimum Gasteiger partial charge on any atom is -0.545 e. The van der Waals surface area contributed by atoms with Crippen LogP contribution < -0.4 is 10.5 Å². The summed E-state index contributed by atoms with van der Waals surface area (Å²) < 4.78 is 0. The predicted molar refractivity (Wildman–Crippen MR) is 48.9 cm³/mol. The molecule has 0 aliphatic carbocycles. The highest BCUT2D eigenvalue weighted by Crippen LogP contribution is 2.06. The molecule has 0 radical (unpaired) electrons. The Hall–Kier alpha value is -2.10. The summed E-state index contributed by atoms with van der Waals surface area (Å²) >= 11 is 0. The summed E-state index contributed by atoms with van der Waals surface area (Å²) in [5.41, 5.74) is -0.245. The number of hydrogen-bond acceptors (Lipinski definition) is 3. The molecule has 0 unspecified atom stereocenters. The zero-order valence-electron chi connectivity index (χ0n) is 7.11. The van der Waals surface area contributed by atoms with Gasteiger partial charge in [0, 0.05) is 17.1 Å². The molecule has 0 saturated carbocycles. The van der Waals surface area contributed by atoms with E-state index >= 15 is 0 Å². The average molecular weight is 188 g/mol. The number of carbonyl (C=O) groups excluding carboxylic acids is 1. The second-order valence-electron chi connectivity index (χ2n) is 2.86. The van der Waals surface area contributed by atoms with E-state index in [9.17, 15) is 14.7 Å². The number of nitrogens with one attached hydrogen (secondary N) is 1. The number of rotatable bonds is 1. The molecule has 1 aromatic heterocycles. The van der Waals surface area contributed by atoms with Crippen LogP contribution in [0.5, 0.6) is 0 Å². The van der Waals surface area contributed by atoms with Crippen molar-refractivity contribution in [3.05, 3.63) is 46.2 Å². The maximum atomic E-state index is 11.5. The average Bonchev–Trinajstić information content (AvgIpc) is 2.18. The predicted octanol–water partition coefficient (Wildman–Crippen LogP) is -0.108. The first-order valence-corrected chi connectivity index (χ1v) is 4.02. The molecule has 70 valence electrons. The lowest BCUT2D eigenvalue weighted by Gasteiger charge is -2.02. The summed E-state index contributed by atoms with van der Waals surface area (Å²) in [4.78, 5) is 24.8. The van der Waals surface area contributed by atoms with E-state index in [4.69, 9.17) is 0 Å². The van der Waals surface area contributed by atoms with Crippen LogP contribution >= 0.6 is 0 Å². The second kappa shape index (κ2) is 2.99. The number of aromatic amines is 1. The molecule has 0 amide bonds. The van der Waals surface area contributed by atoms with Gasteiger partial charge in [-0.05, 0) is 12.1 Å². The zero-order valence-corrected chi connectivity index (χ0v) is 7.11. The van der Waals surface area contributed by atoms with Crippen molar-refractivity contribution in [1.29, 1.82) is 0 Å². The fourth-order valence-corrected chi connectivity index (χ4v) is 1.32. The number of hydrogen-bond donors (Lipinski definition) is 1. The smallest absolute Gasteiger partial charge is 0.198 e. The Morgan fingerprint density at radius 3 is 2.71 bits per heavy atom. The molecule has 0 spiro atoms. The number of H-pyrrole nitrogens is 1. The Morgan fingerprint density at radius 1 is 1.29 bits per heavy atom. The van der Waals surface area contributed by atoms with Gasteiger partial charge in [0.1, 0.15) is 0 Å². The summed E-state index contributed by atoms with van der Waals surface area (Å²) in [5, 5.41) is 10.9. The minimum atomic E-state index is -1.46. The molecule has 0 aliphatic rings. The van der Waals surface area contributed by atoms with Gasteiger partial charge in [-0.2, -0.15) is 0 Å². The fraction of sp³-hybridized carbons (Fsp3) is 0. The van der Waals surface area contributed by atoms with Crippen molar-refractivity contribution in [3.8, 4) is 0 Å². The van der Waals surface area contributed by atoms with Crippen LogP contribution in [-0.4, -0.2) is 11.0 Å². The van der Waals surface area contributed by atoms with Crippen molar-refractivity contribution in [2.45, 2.75) is 0 Å². The molecule has 1 N–H and O–H groups in total. The normalized spacial score (nSPS) is 10.3. The molecular formula is C10H6NO3-. The first kappa shape index (κ1) is 8.50. The highest BCUT2D eigenvalue weighted by molar-refractivity contribution is 5.90. The molecule has 2 rings (SSSR count). The van der Waals surface area contributed by atoms with Crippen molar-refractivity contribution < 1.29 is 9.90 Å². The number of carboxylic acid groups (broad SMARTS) is 1. The number of aromatic nitrogens is 1. The number of fused-ring (bicyclic) bond motifs is 1. The topological polar surface area (TPSA) is 73.0 Å². The van der Waals surface area contributed by atoms with E-state index in [1.54, 1.807) is 24.3 Å². The largest absolute Gasteiger partial charge is 0.545 e. The summed E-state index contributed by atoms with van der Waals surface area (Å²) in [6.45, 7) is 0. The van der Waals surface area contributed by atoms with Crippen LogP contribution in [0.4, 0.5) is 0 Å². The molecule has 0 saturated heterocycles. The lowest BCUT2D eigenvalue weighted by atomic mass is 10.1. The van der Waals surface area contributed by atoms with Gasteiger partial charge in [0.15, 0.2) is 5.43 Å². The summed E-state index contributed by atoms with van der Waals surface area (Å²) in [6, 6.07) is 6.71. The summed E-state index contributed by atoms with van der Waals surface area (Å²) in [7, 11) is 0. The summed E-state index contributed by atoms with van der Waals surface area (Å²) in [5.74, 6) is -1.46. The molecule has 1 heterocycles. The van der Waals surface area contributed by atoms with Crippen molar-refractivity contribution in [3.63, 3.8) is 0 Å². The van der Waals surface area contributed by atoms with E-state index in [2.05, 4.69) is 4.98 Å². The standard InChI is InChI=1S/C10H7NO3/c12-9-6-3-1-2-4-8(6)11-5-7(9)10(13)14/h1-5H,(H,11,12)(H,13,14)/p-1. The maximum Gasteiger partial charge on any atom is 0.198 e. The van der Waals surface area contributed by atoms with Gasteiger partial charge in [-0.3, -0.25) is 4.79 Å². The summed E-state index contributed by atoms with van der Waals surface area (Å²) in [6.07, 6.45) is 1.15. The molecule has 0 atom stereocenters. The second-order valence-corrected chi connectivity index (χ2v) is 2.86. The minimum absolute atomic E-state index is 0.344. The zero-order chi connectivity index (χ0) is 10.1. The third-order valence-corrected chi connectivity index (χ3v) is 2.01.